The van der Waals surface area contributed by atoms with Crippen molar-refractivity contribution in [3.05, 3.63) is 41.7 Å². The lowest BCUT2D eigenvalue weighted by Gasteiger charge is -2.27. The van der Waals surface area contributed by atoms with E-state index < -0.39 is 23.7 Å². The molecular formula is C31H44N4O5S2. The van der Waals surface area contributed by atoms with Gasteiger partial charge in [0.1, 0.15) is 17.7 Å². The molecule has 2 N–H and O–H groups in total. The Kier molecular flexibility index (Phi) is 13.6. The van der Waals surface area contributed by atoms with Crippen molar-refractivity contribution in [3.8, 4) is 0 Å². The van der Waals surface area contributed by atoms with Crippen LogP contribution in [0.3, 0.4) is 0 Å². The average Bonchev–Trinajstić information content (AvgIpc) is 3.37. The van der Waals surface area contributed by atoms with Crippen LogP contribution in [-0.4, -0.2) is 62.1 Å². The number of hydrogen-bond donors (Lipinski definition) is 2. The van der Waals surface area contributed by atoms with Gasteiger partial charge in [-0.3, -0.25) is 24.4 Å². The summed E-state index contributed by atoms with van der Waals surface area (Å²) in [6, 6.07) is 2.79. The van der Waals surface area contributed by atoms with E-state index in [0.29, 0.717) is 30.0 Å². The normalized spacial score (nSPS) is 23.5. The second-order valence-electron chi connectivity index (χ2n) is 11.3. The number of allylic oxidation sites excluding steroid dienone is 1. The number of thioether (sulfide) groups is 2. The fourth-order valence-corrected chi connectivity index (χ4v) is 6.46. The minimum atomic E-state index is -1.04. The maximum absolute atomic E-state index is 13.4. The standard InChI is InChI=1S/C31H44N4O5S2/c1-5-6-7-8-9-13-26(37)41-16-11-10-12-24-18-25(36)33-19-23-17-22(14-15-32-23)28-35-31(4,20-42-28)30(39)34-27(21(2)3)29(38)40-24/h10,12,14-15,17,21,24,27H,5-9,11,13,16,18-20H2,1-4H3,(H,33,36)(H,34,39)/b12-10+/t24?,27-,31-/m0/s1. The number of cyclic esters (lactones) is 1. The van der Waals surface area contributed by atoms with E-state index in [4.69, 9.17) is 9.73 Å². The molecule has 42 heavy (non-hydrogen) atoms. The molecule has 0 aliphatic carbocycles. The fourth-order valence-electron chi connectivity index (χ4n) is 4.51. The fraction of sp³-hybridized carbons (Fsp3) is 0.613. The third kappa shape index (κ3) is 10.6. The van der Waals surface area contributed by atoms with E-state index in [1.54, 1.807) is 19.2 Å². The molecule has 230 valence electrons. The van der Waals surface area contributed by atoms with Gasteiger partial charge < -0.3 is 15.4 Å². The zero-order valence-corrected chi connectivity index (χ0v) is 26.8. The van der Waals surface area contributed by atoms with Crippen molar-refractivity contribution in [2.45, 2.75) is 103 Å². The quantitative estimate of drug-likeness (QED) is 0.203. The summed E-state index contributed by atoms with van der Waals surface area (Å²) >= 11 is 2.78. The Bertz CT molecular complexity index is 1170. The molecule has 0 radical (unpaired) electrons. The highest BCUT2D eigenvalue weighted by Crippen LogP contribution is 2.31. The van der Waals surface area contributed by atoms with Crippen molar-refractivity contribution in [1.29, 1.82) is 0 Å². The number of amides is 2. The van der Waals surface area contributed by atoms with E-state index >= 15 is 0 Å². The number of carbonyl (C=O) groups excluding carboxylic acids is 4. The summed E-state index contributed by atoms with van der Waals surface area (Å²) in [5, 5.41) is 6.63. The van der Waals surface area contributed by atoms with Gasteiger partial charge in [0.25, 0.3) is 0 Å². The number of pyridine rings is 1. The summed E-state index contributed by atoms with van der Waals surface area (Å²) in [5.41, 5.74) is 0.452. The van der Waals surface area contributed by atoms with Crippen molar-refractivity contribution >= 4 is 51.5 Å². The first-order chi connectivity index (χ1) is 20.1. The van der Waals surface area contributed by atoms with Gasteiger partial charge in [-0.05, 0) is 43.9 Å². The lowest BCUT2D eigenvalue weighted by Crippen LogP contribution is -2.53. The van der Waals surface area contributed by atoms with Crippen LogP contribution in [0.15, 0.2) is 35.5 Å². The Morgan fingerprint density at radius 2 is 2.02 bits per heavy atom. The van der Waals surface area contributed by atoms with Gasteiger partial charge in [-0.2, -0.15) is 0 Å². The van der Waals surface area contributed by atoms with Crippen LogP contribution in [0.5, 0.6) is 0 Å². The number of hydrogen-bond acceptors (Lipinski definition) is 9. The molecule has 9 nitrogen and oxygen atoms in total. The molecule has 1 unspecified atom stereocenters. The number of aromatic nitrogens is 1. The maximum atomic E-state index is 13.4. The van der Waals surface area contributed by atoms with Gasteiger partial charge in [-0.15, -0.1) is 11.8 Å². The Morgan fingerprint density at radius 1 is 1.24 bits per heavy atom. The van der Waals surface area contributed by atoms with Crippen LogP contribution in [0, 0.1) is 5.92 Å². The summed E-state index contributed by atoms with van der Waals surface area (Å²) in [6.45, 7) is 7.80. The first kappa shape index (κ1) is 33.8. The predicted octanol–water partition coefficient (Wildman–Crippen LogP) is 4.97. The lowest BCUT2D eigenvalue weighted by molar-refractivity contribution is -0.153. The second-order valence-corrected chi connectivity index (χ2v) is 13.4. The van der Waals surface area contributed by atoms with Crippen molar-refractivity contribution in [1.82, 2.24) is 15.6 Å². The van der Waals surface area contributed by atoms with Gasteiger partial charge in [0, 0.05) is 29.7 Å². The molecule has 2 aliphatic heterocycles. The van der Waals surface area contributed by atoms with Crippen molar-refractivity contribution < 1.29 is 23.9 Å². The number of esters is 1. The molecule has 0 saturated heterocycles. The van der Waals surface area contributed by atoms with E-state index in [1.165, 1.54) is 42.8 Å². The molecule has 0 aromatic carbocycles. The Balaban J connectivity index is 1.69. The molecule has 0 spiro atoms. The minimum absolute atomic E-state index is 0.0786. The third-order valence-electron chi connectivity index (χ3n) is 7.10. The first-order valence-corrected chi connectivity index (χ1v) is 16.9. The van der Waals surface area contributed by atoms with Gasteiger partial charge in [-0.1, -0.05) is 64.3 Å². The Hall–Kier alpha value is -2.66. The number of nitrogens with one attached hydrogen (secondary N) is 2. The van der Waals surface area contributed by atoms with E-state index in [2.05, 4.69) is 22.5 Å². The molecule has 3 heterocycles. The molecule has 3 atom stereocenters. The van der Waals surface area contributed by atoms with Gasteiger partial charge in [0.05, 0.1) is 23.7 Å². The molecular weight excluding hydrogens is 572 g/mol. The smallest absolute Gasteiger partial charge is 0.329 e. The summed E-state index contributed by atoms with van der Waals surface area (Å²) in [7, 11) is 0. The molecule has 4 bridgehead atoms. The molecule has 1 aromatic rings. The van der Waals surface area contributed by atoms with Crippen LogP contribution < -0.4 is 10.6 Å². The number of unbranched alkanes of at least 4 members (excludes halogenated alkanes) is 4. The van der Waals surface area contributed by atoms with E-state index in [-0.39, 0.29) is 35.8 Å². The Morgan fingerprint density at radius 3 is 2.79 bits per heavy atom. The van der Waals surface area contributed by atoms with Crippen LogP contribution in [-0.2, 0) is 30.5 Å². The summed E-state index contributed by atoms with van der Waals surface area (Å²) in [5.74, 6) is -0.442. The number of fused-ring (bicyclic) bond motifs is 4. The van der Waals surface area contributed by atoms with E-state index in [9.17, 15) is 19.2 Å². The monoisotopic (exact) mass is 616 g/mol. The zero-order chi connectivity index (χ0) is 30.5. The van der Waals surface area contributed by atoms with Crippen LogP contribution in [0.25, 0.3) is 0 Å². The highest BCUT2D eigenvalue weighted by atomic mass is 32.2. The minimum Gasteiger partial charge on any atom is -0.456 e. The molecule has 2 amide bonds. The van der Waals surface area contributed by atoms with Gasteiger partial charge in [-0.25, -0.2) is 4.79 Å². The van der Waals surface area contributed by atoms with Crippen molar-refractivity contribution in [2.75, 3.05) is 11.5 Å². The van der Waals surface area contributed by atoms with Gasteiger partial charge in [0.2, 0.25) is 11.8 Å². The predicted molar refractivity (Wildman–Crippen MR) is 169 cm³/mol. The molecule has 1 aromatic heterocycles. The lowest BCUT2D eigenvalue weighted by atomic mass is 10.00. The highest BCUT2D eigenvalue weighted by molar-refractivity contribution is 8.14. The first-order valence-electron chi connectivity index (χ1n) is 14.9. The van der Waals surface area contributed by atoms with Crippen molar-refractivity contribution in [2.24, 2.45) is 10.9 Å². The summed E-state index contributed by atoms with van der Waals surface area (Å²) in [4.78, 5) is 60.7. The third-order valence-corrected chi connectivity index (χ3v) is 9.37. The molecule has 0 fully saturated rings. The number of carbonyl (C=O) groups is 4. The molecule has 2 aliphatic rings. The van der Waals surface area contributed by atoms with E-state index in [0.717, 1.165) is 23.4 Å². The summed E-state index contributed by atoms with van der Waals surface area (Å²) < 4.78 is 5.78. The largest absolute Gasteiger partial charge is 0.456 e. The van der Waals surface area contributed by atoms with Crippen LogP contribution in [0.2, 0.25) is 0 Å². The van der Waals surface area contributed by atoms with E-state index in [1.807, 2.05) is 32.1 Å². The molecule has 0 saturated carbocycles. The number of aliphatic imine (C=N–C) groups is 1. The number of rotatable bonds is 11. The number of nitrogens with zero attached hydrogens (tertiary/aromatic N) is 2. The van der Waals surface area contributed by atoms with Gasteiger partial charge in [0.15, 0.2) is 5.12 Å². The maximum Gasteiger partial charge on any atom is 0.329 e. The highest BCUT2D eigenvalue weighted by Gasteiger charge is 2.41. The molecule has 11 heteroatoms. The van der Waals surface area contributed by atoms with Crippen LogP contribution in [0.4, 0.5) is 0 Å². The second kappa shape index (κ2) is 16.8. The van der Waals surface area contributed by atoms with Crippen LogP contribution >= 0.6 is 23.5 Å². The summed E-state index contributed by atoms with van der Waals surface area (Å²) in [6.07, 6.45) is 11.0. The van der Waals surface area contributed by atoms with Crippen molar-refractivity contribution in [3.63, 3.8) is 0 Å². The van der Waals surface area contributed by atoms with Crippen LogP contribution in [0.1, 0.15) is 90.3 Å². The van der Waals surface area contributed by atoms with Gasteiger partial charge >= 0.3 is 5.97 Å². The molecule has 3 rings (SSSR count). The topological polar surface area (TPSA) is 127 Å². The SMILES string of the molecule is CCCCCCCC(=O)SCC/C=C/C1CC(=O)NCc2cc(ccn2)C2=N[C@@](C)(CS2)C(=O)N[C@@H](C(C)C)C(=O)O1. The Labute approximate surface area is 257 Å². The number of ether oxygens (including phenoxy) is 1. The average molecular weight is 617 g/mol. The zero-order valence-electron chi connectivity index (χ0n) is 25.1.